The molecule has 0 aliphatic heterocycles. The van der Waals surface area contributed by atoms with Gasteiger partial charge < -0.3 is 18.6 Å². The maximum Gasteiger partial charge on any atom is 0.509 e. The zero-order chi connectivity index (χ0) is 11.3. The molecule has 0 amide bonds. The summed E-state index contributed by atoms with van der Waals surface area (Å²) in [6.07, 6.45) is -0.870. The first-order valence-electron chi connectivity index (χ1n) is 4.05. The summed E-state index contributed by atoms with van der Waals surface area (Å²) in [4.78, 5) is 22.1. The number of carbonyl (C=O) groups excluding carboxylic acids is 2. The van der Waals surface area contributed by atoms with E-state index in [0.29, 0.717) is 0 Å². The molecule has 1 atom stereocenters. The lowest BCUT2D eigenvalue weighted by Gasteiger charge is -2.11. The van der Waals surface area contributed by atoms with Crippen LogP contribution >= 0.6 is 0 Å². The summed E-state index contributed by atoms with van der Waals surface area (Å²) < 4.78 is 18.3. The molecule has 0 aliphatic carbocycles. The van der Waals surface area contributed by atoms with E-state index >= 15 is 0 Å². The monoisotopic (exact) mass is 214 g/mol. The van der Waals surface area contributed by atoms with Crippen molar-refractivity contribution in [3.8, 4) is 0 Å². The smallest absolute Gasteiger partial charge is 0.466 e. The highest BCUT2D eigenvalue weighted by Crippen LogP contribution is 2.19. The minimum atomic E-state index is -1.24. The Bertz CT molecular complexity index is 328. The van der Waals surface area contributed by atoms with Crippen LogP contribution in [-0.4, -0.2) is 26.3 Å². The first kappa shape index (κ1) is 11.1. The summed E-state index contributed by atoms with van der Waals surface area (Å²) >= 11 is 0. The lowest BCUT2D eigenvalue weighted by atomic mass is 10.3. The number of furan rings is 1. The van der Waals surface area contributed by atoms with Gasteiger partial charge in [0.15, 0.2) is 5.76 Å². The maximum absolute atomic E-state index is 11.2. The van der Waals surface area contributed by atoms with Crippen LogP contribution in [-0.2, 0) is 19.0 Å². The molecule has 0 radical (unpaired) electrons. The van der Waals surface area contributed by atoms with E-state index in [9.17, 15) is 9.59 Å². The summed E-state index contributed by atoms with van der Waals surface area (Å²) in [7, 11) is 2.32. The minimum absolute atomic E-state index is 0.173. The van der Waals surface area contributed by atoms with Crippen molar-refractivity contribution >= 4 is 12.1 Å². The van der Waals surface area contributed by atoms with Crippen molar-refractivity contribution in [1.82, 2.24) is 0 Å². The second-order valence-corrected chi connectivity index (χ2v) is 2.49. The molecule has 0 N–H and O–H groups in total. The number of carbonyl (C=O) groups is 2. The summed E-state index contributed by atoms with van der Waals surface area (Å²) in [5.74, 6) is -0.567. The fraction of sp³-hybridized carbons (Fsp3) is 0.333. The Balaban J connectivity index is 2.79. The molecule has 1 heterocycles. The molecule has 0 aliphatic rings. The average Bonchev–Trinajstić information content (AvgIpc) is 2.77. The van der Waals surface area contributed by atoms with Gasteiger partial charge in [0.1, 0.15) is 0 Å². The number of hydrogen-bond acceptors (Lipinski definition) is 6. The number of methoxy groups -OCH3 is 2. The van der Waals surface area contributed by atoms with Crippen molar-refractivity contribution in [3.05, 3.63) is 24.2 Å². The van der Waals surface area contributed by atoms with E-state index in [4.69, 9.17) is 4.42 Å². The molecule has 0 spiro atoms. The van der Waals surface area contributed by atoms with Gasteiger partial charge in [0.05, 0.1) is 20.5 Å². The topological polar surface area (TPSA) is 75.0 Å². The Labute approximate surface area is 85.7 Å². The lowest BCUT2D eigenvalue weighted by Crippen LogP contribution is -2.20. The summed E-state index contributed by atoms with van der Waals surface area (Å²) in [5.41, 5.74) is 0. The third kappa shape index (κ3) is 2.73. The molecule has 6 heteroatoms. The predicted octanol–water partition coefficient (Wildman–Crippen LogP) is 1.28. The van der Waals surface area contributed by atoms with Crippen LogP contribution in [0.4, 0.5) is 4.79 Å². The highest BCUT2D eigenvalue weighted by molar-refractivity contribution is 5.78. The van der Waals surface area contributed by atoms with Gasteiger partial charge in [-0.25, -0.2) is 9.59 Å². The van der Waals surface area contributed by atoms with Gasteiger partial charge in [0.2, 0.25) is 0 Å². The van der Waals surface area contributed by atoms with Crippen LogP contribution in [0.25, 0.3) is 0 Å². The molecular weight excluding hydrogens is 204 g/mol. The molecule has 6 nitrogen and oxygen atoms in total. The number of esters is 1. The highest BCUT2D eigenvalue weighted by atomic mass is 16.7. The summed E-state index contributed by atoms with van der Waals surface area (Å²) in [5, 5.41) is 0. The van der Waals surface area contributed by atoms with Crippen LogP contribution in [0, 0.1) is 0 Å². The zero-order valence-corrected chi connectivity index (χ0v) is 8.26. The zero-order valence-electron chi connectivity index (χ0n) is 8.26. The van der Waals surface area contributed by atoms with E-state index in [1.54, 1.807) is 6.07 Å². The fourth-order valence-corrected chi connectivity index (χ4v) is 0.914. The molecule has 0 fully saturated rings. The van der Waals surface area contributed by atoms with Crippen molar-refractivity contribution in [2.75, 3.05) is 14.2 Å². The molecular formula is C9H10O6. The third-order valence-electron chi connectivity index (χ3n) is 1.60. The molecule has 0 saturated heterocycles. The van der Waals surface area contributed by atoms with Gasteiger partial charge in [0.25, 0.3) is 6.10 Å². The molecule has 0 saturated carbocycles. The average molecular weight is 214 g/mol. The molecule has 1 aromatic heterocycles. The van der Waals surface area contributed by atoms with Crippen LogP contribution in [0.2, 0.25) is 0 Å². The van der Waals surface area contributed by atoms with Crippen LogP contribution in [0.15, 0.2) is 22.8 Å². The van der Waals surface area contributed by atoms with Crippen molar-refractivity contribution in [3.63, 3.8) is 0 Å². The van der Waals surface area contributed by atoms with E-state index < -0.39 is 18.2 Å². The summed E-state index contributed by atoms with van der Waals surface area (Å²) in [6.45, 7) is 0. The maximum atomic E-state index is 11.2. The first-order chi connectivity index (χ1) is 7.19. The van der Waals surface area contributed by atoms with Gasteiger partial charge in [-0.3, -0.25) is 0 Å². The number of ether oxygens (including phenoxy) is 3. The van der Waals surface area contributed by atoms with E-state index in [1.165, 1.54) is 19.4 Å². The Hall–Kier alpha value is -1.98. The van der Waals surface area contributed by atoms with Crippen LogP contribution < -0.4 is 0 Å². The standard InChI is InChI=1S/C9H10O6/c1-12-8(10)7(15-9(11)13-2)6-4-3-5-14-6/h3-5,7H,1-2H3. The molecule has 1 rings (SSSR count). The Morgan fingerprint density at radius 2 is 2.07 bits per heavy atom. The van der Waals surface area contributed by atoms with Crippen molar-refractivity contribution in [2.24, 2.45) is 0 Å². The molecule has 1 unspecified atom stereocenters. The molecule has 0 aromatic carbocycles. The summed E-state index contributed by atoms with van der Waals surface area (Å²) in [6, 6.07) is 3.05. The van der Waals surface area contributed by atoms with Crippen molar-refractivity contribution in [1.29, 1.82) is 0 Å². The minimum Gasteiger partial charge on any atom is -0.466 e. The van der Waals surface area contributed by atoms with Gasteiger partial charge in [-0.2, -0.15) is 0 Å². The number of hydrogen-bond donors (Lipinski definition) is 0. The quantitative estimate of drug-likeness (QED) is 0.705. The van der Waals surface area contributed by atoms with E-state index in [1.807, 2.05) is 0 Å². The SMILES string of the molecule is COC(=O)OC(C(=O)OC)c1ccco1. The molecule has 82 valence electrons. The third-order valence-corrected chi connectivity index (χ3v) is 1.60. The predicted molar refractivity (Wildman–Crippen MR) is 47.0 cm³/mol. The van der Waals surface area contributed by atoms with Crippen molar-refractivity contribution in [2.45, 2.75) is 6.10 Å². The van der Waals surface area contributed by atoms with E-state index in [0.717, 1.165) is 7.11 Å². The number of rotatable bonds is 3. The Morgan fingerprint density at radius 3 is 2.53 bits per heavy atom. The van der Waals surface area contributed by atoms with E-state index in [-0.39, 0.29) is 5.76 Å². The van der Waals surface area contributed by atoms with Gasteiger partial charge in [-0.05, 0) is 12.1 Å². The van der Waals surface area contributed by atoms with Crippen molar-refractivity contribution < 1.29 is 28.2 Å². The van der Waals surface area contributed by atoms with Crippen LogP contribution in [0.3, 0.4) is 0 Å². The lowest BCUT2D eigenvalue weighted by molar-refractivity contribution is -0.153. The fourth-order valence-electron chi connectivity index (χ4n) is 0.914. The second-order valence-electron chi connectivity index (χ2n) is 2.49. The van der Waals surface area contributed by atoms with E-state index in [2.05, 4.69) is 14.2 Å². The van der Waals surface area contributed by atoms with Crippen LogP contribution in [0.1, 0.15) is 11.9 Å². The Morgan fingerprint density at radius 1 is 1.33 bits per heavy atom. The van der Waals surface area contributed by atoms with Crippen LogP contribution in [0.5, 0.6) is 0 Å². The van der Waals surface area contributed by atoms with Gasteiger partial charge in [-0.1, -0.05) is 0 Å². The highest BCUT2D eigenvalue weighted by Gasteiger charge is 2.28. The second kappa shape index (κ2) is 5.04. The molecule has 1 aromatic rings. The largest absolute Gasteiger partial charge is 0.509 e. The van der Waals surface area contributed by atoms with Gasteiger partial charge >= 0.3 is 12.1 Å². The molecule has 15 heavy (non-hydrogen) atoms. The molecule has 0 bridgehead atoms. The Kier molecular flexibility index (Phi) is 3.73. The normalized spacial score (nSPS) is 11.6. The van der Waals surface area contributed by atoms with Gasteiger partial charge in [-0.15, -0.1) is 0 Å². The first-order valence-corrected chi connectivity index (χ1v) is 4.05. The van der Waals surface area contributed by atoms with Gasteiger partial charge in [0, 0.05) is 0 Å².